The Kier molecular flexibility index (Phi) is 2.35. The first-order valence-corrected chi connectivity index (χ1v) is 4.66. The van der Waals surface area contributed by atoms with Gasteiger partial charge in [-0.25, -0.2) is 0 Å². The summed E-state index contributed by atoms with van der Waals surface area (Å²) in [5.41, 5.74) is 1.32. The van der Waals surface area contributed by atoms with E-state index in [1.165, 1.54) is 12.1 Å². The van der Waals surface area contributed by atoms with E-state index in [1.807, 2.05) is 6.21 Å². The monoisotopic (exact) mass is 162 g/mol. The summed E-state index contributed by atoms with van der Waals surface area (Å²) in [5.74, 6) is 0. The molecule has 2 rings (SSSR count). The average Bonchev–Trinajstić information content (AvgIpc) is 2.48. The molecule has 0 aromatic carbocycles. The normalized spacial score (nSPS) is 28.7. The van der Waals surface area contributed by atoms with Crippen molar-refractivity contribution in [1.29, 1.82) is 0 Å². The van der Waals surface area contributed by atoms with Gasteiger partial charge in [-0.2, -0.15) is 0 Å². The lowest BCUT2D eigenvalue weighted by Gasteiger charge is -2.07. The van der Waals surface area contributed by atoms with E-state index in [2.05, 4.69) is 22.1 Å². The van der Waals surface area contributed by atoms with Gasteiger partial charge in [-0.3, -0.25) is 9.98 Å². The Labute approximate surface area is 73.1 Å². The molecule has 0 aromatic heterocycles. The minimum absolute atomic E-state index is 0.367. The highest BCUT2D eigenvalue weighted by Crippen LogP contribution is 2.14. The smallest absolute Gasteiger partial charge is 0.0906 e. The zero-order valence-corrected chi connectivity index (χ0v) is 7.24. The molecule has 2 aliphatic rings. The molecule has 0 radical (unpaired) electrons. The second-order valence-corrected chi connectivity index (χ2v) is 3.27. The van der Waals surface area contributed by atoms with Crippen LogP contribution in [0.4, 0.5) is 0 Å². The van der Waals surface area contributed by atoms with Crippen LogP contribution >= 0.6 is 0 Å². The van der Waals surface area contributed by atoms with Crippen LogP contribution in [0.25, 0.3) is 0 Å². The molecule has 0 amide bonds. The van der Waals surface area contributed by atoms with Gasteiger partial charge in [0.1, 0.15) is 0 Å². The summed E-state index contributed by atoms with van der Waals surface area (Å²) >= 11 is 0. The second kappa shape index (κ2) is 3.65. The van der Waals surface area contributed by atoms with Gasteiger partial charge in [-0.05, 0) is 19.3 Å². The predicted octanol–water partition coefficient (Wildman–Crippen LogP) is 2.01. The molecular weight excluding hydrogens is 148 g/mol. The second-order valence-electron chi connectivity index (χ2n) is 3.27. The van der Waals surface area contributed by atoms with E-state index in [9.17, 15) is 0 Å². The first kappa shape index (κ1) is 7.71. The van der Waals surface area contributed by atoms with Crippen molar-refractivity contribution in [2.45, 2.75) is 31.7 Å². The lowest BCUT2D eigenvalue weighted by molar-refractivity contribution is 0.866. The van der Waals surface area contributed by atoms with Crippen LogP contribution in [-0.4, -0.2) is 24.5 Å². The average molecular weight is 162 g/mol. The Morgan fingerprint density at radius 3 is 3.17 bits per heavy atom. The molecule has 2 aliphatic heterocycles. The lowest BCUT2D eigenvalue weighted by Crippen LogP contribution is -2.15. The molecule has 1 unspecified atom stereocenters. The van der Waals surface area contributed by atoms with Gasteiger partial charge in [0.05, 0.1) is 6.04 Å². The minimum Gasteiger partial charge on any atom is -0.292 e. The molecule has 0 bridgehead atoms. The van der Waals surface area contributed by atoms with Crippen LogP contribution in [-0.2, 0) is 0 Å². The van der Waals surface area contributed by atoms with Gasteiger partial charge < -0.3 is 0 Å². The highest BCUT2D eigenvalue weighted by Gasteiger charge is 2.16. The Morgan fingerprint density at radius 2 is 2.33 bits per heavy atom. The molecule has 1 atom stereocenters. The fraction of sp³-hybridized carbons (Fsp3) is 0.600. The summed E-state index contributed by atoms with van der Waals surface area (Å²) < 4.78 is 0. The molecule has 2 heterocycles. The first-order chi connectivity index (χ1) is 5.97. The van der Waals surface area contributed by atoms with Crippen molar-refractivity contribution in [1.82, 2.24) is 0 Å². The summed E-state index contributed by atoms with van der Waals surface area (Å²) in [6, 6.07) is 0.367. The molecular formula is C10H14N2. The van der Waals surface area contributed by atoms with Crippen LogP contribution in [0.15, 0.2) is 22.1 Å². The van der Waals surface area contributed by atoms with Gasteiger partial charge in [0.15, 0.2) is 0 Å². The Bertz CT molecular complexity index is 238. The Morgan fingerprint density at radius 1 is 1.33 bits per heavy atom. The van der Waals surface area contributed by atoms with E-state index in [0.29, 0.717) is 6.04 Å². The zero-order valence-electron chi connectivity index (χ0n) is 7.24. The fourth-order valence-electron chi connectivity index (χ4n) is 1.69. The number of aliphatic imine (C=N–C) groups is 2. The van der Waals surface area contributed by atoms with Gasteiger partial charge >= 0.3 is 0 Å². The first-order valence-electron chi connectivity index (χ1n) is 4.66. The van der Waals surface area contributed by atoms with E-state index in [1.54, 1.807) is 0 Å². The summed E-state index contributed by atoms with van der Waals surface area (Å²) in [4.78, 5) is 8.96. The molecule has 0 saturated heterocycles. The summed E-state index contributed by atoms with van der Waals surface area (Å²) in [6.07, 6.45) is 10.8. The number of nitrogens with zero attached hydrogens (tertiary/aromatic N) is 2. The van der Waals surface area contributed by atoms with Gasteiger partial charge in [-0.15, -0.1) is 0 Å². The van der Waals surface area contributed by atoms with E-state index in [-0.39, 0.29) is 0 Å². The Hall–Kier alpha value is -0.920. The summed E-state index contributed by atoms with van der Waals surface area (Å²) in [6.45, 7) is 1.02. The van der Waals surface area contributed by atoms with Crippen LogP contribution in [0.5, 0.6) is 0 Å². The quantitative estimate of drug-likeness (QED) is 0.527. The number of hydrogen-bond acceptors (Lipinski definition) is 2. The largest absolute Gasteiger partial charge is 0.292 e. The zero-order chi connectivity index (χ0) is 8.23. The standard InChI is InChI=1S/C10H14N2/c1-2-5-9(11-7-3-1)10-6-4-8-12-10/h1-2,7,9H,3-6,8H2. The molecule has 2 heteroatoms. The third kappa shape index (κ3) is 1.63. The van der Waals surface area contributed by atoms with Gasteiger partial charge in [0.25, 0.3) is 0 Å². The molecule has 0 aliphatic carbocycles. The maximum Gasteiger partial charge on any atom is 0.0906 e. The SMILES string of the molecule is C1=CCC(C2=NCCC2)N=CC1. The van der Waals surface area contributed by atoms with Gasteiger partial charge in [0, 0.05) is 24.9 Å². The van der Waals surface area contributed by atoms with Gasteiger partial charge in [-0.1, -0.05) is 12.2 Å². The highest BCUT2D eigenvalue weighted by molar-refractivity contribution is 5.92. The third-order valence-electron chi connectivity index (χ3n) is 2.34. The Balaban J connectivity index is 2.06. The lowest BCUT2D eigenvalue weighted by atomic mass is 10.1. The minimum atomic E-state index is 0.367. The van der Waals surface area contributed by atoms with E-state index >= 15 is 0 Å². The third-order valence-corrected chi connectivity index (χ3v) is 2.34. The van der Waals surface area contributed by atoms with Crippen molar-refractivity contribution in [3.05, 3.63) is 12.2 Å². The maximum absolute atomic E-state index is 4.49. The summed E-state index contributed by atoms with van der Waals surface area (Å²) in [7, 11) is 0. The van der Waals surface area contributed by atoms with Crippen LogP contribution in [0.3, 0.4) is 0 Å². The van der Waals surface area contributed by atoms with Crippen molar-refractivity contribution in [2.75, 3.05) is 6.54 Å². The van der Waals surface area contributed by atoms with Crippen molar-refractivity contribution >= 4 is 11.9 Å². The molecule has 0 fully saturated rings. The number of allylic oxidation sites excluding steroid dienone is 1. The van der Waals surface area contributed by atoms with Crippen LogP contribution in [0.1, 0.15) is 25.7 Å². The van der Waals surface area contributed by atoms with Gasteiger partial charge in [0.2, 0.25) is 0 Å². The van der Waals surface area contributed by atoms with Crippen molar-refractivity contribution < 1.29 is 0 Å². The van der Waals surface area contributed by atoms with E-state index < -0.39 is 0 Å². The van der Waals surface area contributed by atoms with Crippen LogP contribution in [0.2, 0.25) is 0 Å². The number of rotatable bonds is 1. The van der Waals surface area contributed by atoms with Crippen LogP contribution in [0, 0.1) is 0 Å². The molecule has 0 N–H and O–H groups in total. The van der Waals surface area contributed by atoms with Crippen molar-refractivity contribution in [2.24, 2.45) is 9.98 Å². The molecule has 12 heavy (non-hydrogen) atoms. The van der Waals surface area contributed by atoms with E-state index in [4.69, 9.17) is 0 Å². The number of hydrogen-bond donors (Lipinski definition) is 0. The molecule has 0 spiro atoms. The molecule has 0 saturated carbocycles. The molecule has 2 nitrogen and oxygen atoms in total. The molecule has 64 valence electrons. The fourth-order valence-corrected chi connectivity index (χ4v) is 1.69. The summed E-state index contributed by atoms with van der Waals surface area (Å²) in [5, 5.41) is 0. The van der Waals surface area contributed by atoms with Crippen molar-refractivity contribution in [3.63, 3.8) is 0 Å². The van der Waals surface area contributed by atoms with E-state index in [0.717, 1.165) is 25.8 Å². The van der Waals surface area contributed by atoms with Crippen molar-refractivity contribution in [3.8, 4) is 0 Å². The highest BCUT2D eigenvalue weighted by atomic mass is 14.9. The topological polar surface area (TPSA) is 24.7 Å². The van der Waals surface area contributed by atoms with Crippen LogP contribution < -0.4 is 0 Å². The molecule has 0 aromatic rings. The maximum atomic E-state index is 4.49. The predicted molar refractivity (Wildman–Crippen MR) is 52.2 cm³/mol.